The van der Waals surface area contributed by atoms with Crippen LogP contribution in [0.3, 0.4) is 0 Å². The summed E-state index contributed by atoms with van der Waals surface area (Å²) in [5.41, 5.74) is -0.505. The first-order valence-corrected chi connectivity index (χ1v) is 8.07. The highest BCUT2D eigenvalue weighted by molar-refractivity contribution is 8.76. The van der Waals surface area contributed by atoms with Gasteiger partial charge in [0.1, 0.15) is 23.7 Å². The minimum absolute atomic E-state index is 0.301. The SMILES string of the molecule is CCSSC1OC(CO)C(O)C(O)C1NC(C)=O. The Morgan fingerprint density at radius 3 is 2.56 bits per heavy atom. The van der Waals surface area contributed by atoms with E-state index in [0.29, 0.717) is 0 Å². The monoisotopic (exact) mass is 297 g/mol. The summed E-state index contributed by atoms with van der Waals surface area (Å²) in [5, 5.41) is 31.4. The van der Waals surface area contributed by atoms with Crippen LogP contribution < -0.4 is 5.32 Å². The van der Waals surface area contributed by atoms with Crippen LogP contribution in [-0.2, 0) is 9.53 Å². The lowest BCUT2D eigenvalue weighted by molar-refractivity contribution is -0.173. The lowest BCUT2D eigenvalue weighted by Crippen LogP contribution is -2.62. The maximum Gasteiger partial charge on any atom is 0.217 e. The molecule has 1 amide bonds. The number of hydrogen-bond donors (Lipinski definition) is 4. The van der Waals surface area contributed by atoms with Crippen molar-refractivity contribution in [2.75, 3.05) is 12.4 Å². The van der Waals surface area contributed by atoms with Crippen molar-refractivity contribution in [3.05, 3.63) is 0 Å². The molecule has 0 spiro atoms. The van der Waals surface area contributed by atoms with E-state index in [2.05, 4.69) is 5.32 Å². The largest absolute Gasteiger partial charge is 0.394 e. The second-order valence-corrected chi connectivity index (χ2v) is 6.69. The van der Waals surface area contributed by atoms with Crippen LogP contribution in [0, 0.1) is 0 Å². The van der Waals surface area contributed by atoms with Crippen molar-refractivity contribution in [3.8, 4) is 0 Å². The van der Waals surface area contributed by atoms with Crippen LogP contribution in [0.25, 0.3) is 0 Å². The standard InChI is InChI=1S/C10H19NO5S2/c1-3-17-18-10-7(11-5(2)13)9(15)8(14)6(4-12)16-10/h6-10,12,14-15H,3-4H2,1-2H3,(H,11,13). The number of rotatable bonds is 5. The molecule has 1 saturated heterocycles. The molecule has 1 heterocycles. The van der Waals surface area contributed by atoms with Crippen molar-refractivity contribution in [2.24, 2.45) is 0 Å². The summed E-state index contributed by atoms with van der Waals surface area (Å²) in [6.45, 7) is 2.94. The highest BCUT2D eigenvalue weighted by atomic mass is 33.1. The zero-order valence-corrected chi connectivity index (χ0v) is 11.9. The normalized spacial score (nSPS) is 36.4. The van der Waals surface area contributed by atoms with E-state index in [0.717, 1.165) is 5.75 Å². The summed E-state index contributed by atoms with van der Waals surface area (Å²) < 4.78 is 5.50. The van der Waals surface area contributed by atoms with Crippen LogP contribution >= 0.6 is 21.6 Å². The number of nitrogens with one attached hydrogen (secondary N) is 1. The fourth-order valence-corrected chi connectivity index (χ4v) is 3.80. The van der Waals surface area contributed by atoms with Crippen molar-refractivity contribution in [2.45, 2.75) is 43.6 Å². The average Bonchev–Trinajstić information content (AvgIpc) is 2.33. The van der Waals surface area contributed by atoms with Gasteiger partial charge in [0, 0.05) is 12.7 Å². The summed E-state index contributed by atoms with van der Waals surface area (Å²) in [6, 6.07) is -0.690. The van der Waals surface area contributed by atoms with Crippen molar-refractivity contribution in [1.29, 1.82) is 0 Å². The quantitative estimate of drug-likeness (QED) is 0.500. The second-order valence-electron chi connectivity index (χ2n) is 3.94. The Balaban J connectivity index is 2.76. The van der Waals surface area contributed by atoms with E-state index in [1.807, 2.05) is 6.92 Å². The molecule has 0 aliphatic carbocycles. The van der Waals surface area contributed by atoms with Crippen LogP contribution in [0.5, 0.6) is 0 Å². The van der Waals surface area contributed by atoms with E-state index < -0.39 is 29.8 Å². The average molecular weight is 297 g/mol. The van der Waals surface area contributed by atoms with Gasteiger partial charge in [-0.05, 0) is 0 Å². The fraction of sp³-hybridized carbons (Fsp3) is 0.900. The Morgan fingerprint density at radius 1 is 1.39 bits per heavy atom. The van der Waals surface area contributed by atoms with Crippen molar-refractivity contribution in [3.63, 3.8) is 0 Å². The minimum atomic E-state index is -1.21. The molecule has 0 bridgehead atoms. The number of aliphatic hydroxyl groups excluding tert-OH is 3. The van der Waals surface area contributed by atoms with Gasteiger partial charge in [-0.3, -0.25) is 4.79 Å². The van der Waals surface area contributed by atoms with Gasteiger partial charge in [0.25, 0.3) is 0 Å². The number of amides is 1. The van der Waals surface area contributed by atoms with Crippen molar-refractivity contribution < 1.29 is 24.9 Å². The van der Waals surface area contributed by atoms with E-state index in [9.17, 15) is 15.0 Å². The topological polar surface area (TPSA) is 99.0 Å². The van der Waals surface area contributed by atoms with E-state index in [1.54, 1.807) is 0 Å². The highest BCUT2D eigenvalue weighted by Gasteiger charge is 2.44. The molecule has 1 fully saturated rings. The Labute approximate surface area is 114 Å². The van der Waals surface area contributed by atoms with E-state index in [-0.39, 0.29) is 12.5 Å². The van der Waals surface area contributed by atoms with Crippen LogP contribution in [0.1, 0.15) is 13.8 Å². The molecule has 18 heavy (non-hydrogen) atoms. The Bertz CT molecular complexity index is 281. The Morgan fingerprint density at radius 2 is 2.06 bits per heavy atom. The molecule has 1 aliphatic heterocycles. The molecule has 0 aromatic rings. The molecule has 5 atom stereocenters. The third kappa shape index (κ3) is 4.01. The molecule has 1 aliphatic rings. The molecule has 106 valence electrons. The van der Waals surface area contributed by atoms with Gasteiger partial charge >= 0.3 is 0 Å². The lowest BCUT2D eigenvalue weighted by atomic mass is 9.98. The number of carbonyl (C=O) groups is 1. The van der Waals surface area contributed by atoms with Gasteiger partial charge in [-0.15, -0.1) is 0 Å². The molecule has 8 heteroatoms. The second kappa shape index (κ2) is 7.56. The van der Waals surface area contributed by atoms with Gasteiger partial charge in [-0.1, -0.05) is 28.5 Å². The number of ether oxygens (including phenoxy) is 1. The zero-order valence-electron chi connectivity index (χ0n) is 10.3. The molecule has 0 aromatic heterocycles. The van der Waals surface area contributed by atoms with Gasteiger partial charge < -0.3 is 25.4 Å². The molecular weight excluding hydrogens is 278 g/mol. The third-order valence-electron chi connectivity index (χ3n) is 2.53. The summed E-state index contributed by atoms with van der Waals surface area (Å²) in [5.74, 6) is 0.545. The van der Waals surface area contributed by atoms with Crippen molar-refractivity contribution >= 4 is 27.5 Å². The van der Waals surface area contributed by atoms with Crippen LogP contribution in [-0.4, -0.2) is 63.4 Å². The van der Waals surface area contributed by atoms with E-state index >= 15 is 0 Å². The molecule has 0 saturated carbocycles. The van der Waals surface area contributed by atoms with Gasteiger partial charge in [-0.25, -0.2) is 0 Å². The Kier molecular flexibility index (Phi) is 6.75. The first-order valence-electron chi connectivity index (χ1n) is 5.69. The summed E-state index contributed by atoms with van der Waals surface area (Å²) in [4.78, 5) is 11.1. The highest BCUT2D eigenvalue weighted by Crippen LogP contribution is 2.35. The molecular formula is C10H19NO5S2. The smallest absolute Gasteiger partial charge is 0.217 e. The summed E-state index contributed by atoms with van der Waals surface area (Å²) in [6.07, 6.45) is -3.20. The summed E-state index contributed by atoms with van der Waals surface area (Å²) >= 11 is 0. The number of carbonyl (C=O) groups excluding carboxylic acids is 1. The first kappa shape index (κ1) is 16.1. The molecule has 1 rings (SSSR count). The lowest BCUT2D eigenvalue weighted by Gasteiger charge is -2.41. The third-order valence-corrected chi connectivity index (χ3v) is 5.18. The minimum Gasteiger partial charge on any atom is -0.394 e. The van der Waals surface area contributed by atoms with E-state index in [1.165, 1.54) is 28.5 Å². The Hall–Kier alpha value is 0.01000. The fourth-order valence-electron chi connectivity index (χ4n) is 1.69. The van der Waals surface area contributed by atoms with Gasteiger partial charge in [0.15, 0.2) is 0 Å². The molecule has 0 radical (unpaired) electrons. The van der Waals surface area contributed by atoms with Crippen LogP contribution in [0.15, 0.2) is 0 Å². The molecule has 0 aromatic carbocycles. The predicted molar refractivity (Wildman–Crippen MR) is 71.1 cm³/mol. The number of hydrogen-bond acceptors (Lipinski definition) is 7. The number of aliphatic hydroxyl groups is 3. The first-order chi connectivity index (χ1) is 8.51. The van der Waals surface area contributed by atoms with Gasteiger partial charge in [0.2, 0.25) is 5.91 Å². The van der Waals surface area contributed by atoms with Crippen molar-refractivity contribution in [1.82, 2.24) is 5.32 Å². The molecule has 6 nitrogen and oxygen atoms in total. The van der Waals surface area contributed by atoms with Crippen LogP contribution in [0.2, 0.25) is 0 Å². The predicted octanol–water partition coefficient (Wildman–Crippen LogP) is -0.669. The molecule has 5 unspecified atom stereocenters. The maximum absolute atomic E-state index is 11.1. The van der Waals surface area contributed by atoms with Gasteiger partial charge in [-0.2, -0.15) is 0 Å². The van der Waals surface area contributed by atoms with Gasteiger partial charge in [0.05, 0.1) is 12.6 Å². The maximum atomic E-state index is 11.1. The van der Waals surface area contributed by atoms with Crippen LogP contribution in [0.4, 0.5) is 0 Å². The summed E-state index contributed by atoms with van der Waals surface area (Å²) in [7, 11) is 2.90. The molecule has 4 N–H and O–H groups in total. The zero-order chi connectivity index (χ0) is 13.7. The van der Waals surface area contributed by atoms with E-state index in [4.69, 9.17) is 9.84 Å².